The van der Waals surface area contributed by atoms with E-state index in [1.165, 1.54) is 0 Å². The van der Waals surface area contributed by atoms with Crippen molar-refractivity contribution in [1.29, 1.82) is 5.26 Å². The van der Waals surface area contributed by atoms with Gasteiger partial charge in [0.1, 0.15) is 12.4 Å². The highest BCUT2D eigenvalue weighted by atomic mass is 16.5. The minimum absolute atomic E-state index is 0.226. The second kappa shape index (κ2) is 6.39. The van der Waals surface area contributed by atoms with Crippen molar-refractivity contribution in [1.82, 2.24) is 4.90 Å². The van der Waals surface area contributed by atoms with Crippen LogP contribution in [-0.2, 0) is 0 Å². The molecular formula is C14H18N2O2. The molecule has 0 saturated carbocycles. The van der Waals surface area contributed by atoms with E-state index in [2.05, 4.69) is 11.0 Å². The zero-order valence-corrected chi connectivity index (χ0v) is 10.4. The molecule has 2 rings (SSSR count). The minimum atomic E-state index is 0.226. The quantitative estimate of drug-likeness (QED) is 0.853. The normalized spacial score (nSPS) is 19.7. The van der Waals surface area contributed by atoms with Crippen LogP contribution < -0.4 is 4.74 Å². The first kappa shape index (κ1) is 12.9. The van der Waals surface area contributed by atoms with E-state index < -0.39 is 0 Å². The zero-order valence-electron chi connectivity index (χ0n) is 10.4. The Kier molecular flexibility index (Phi) is 4.57. The molecule has 1 atom stereocenters. The summed E-state index contributed by atoms with van der Waals surface area (Å²) in [5.41, 5.74) is 0.613. The van der Waals surface area contributed by atoms with E-state index in [1.807, 2.05) is 12.1 Å². The van der Waals surface area contributed by atoms with Crippen molar-refractivity contribution >= 4 is 0 Å². The van der Waals surface area contributed by atoms with E-state index in [0.717, 1.165) is 31.7 Å². The molecule has 0 unspecified atom stereocenters. The molecule has 18 heavy (non-hydrogen) atoms. The van der Waals surface area contributed by atoms with Gasteiger partial charge < -0.3 is 9.84 Å². The summed E-state index contributed by atoms with van der Waals surface area (Å²) >= 11 is 0. The van der Waals surface area contributed by atoms with E-state index in [-0.39, 0.29) is 6.61 Å². The third kappa shape index (κ3) is 3.22. The SMILES string of the molecule is N#Cc1cccc(OCCN2CCC[C@H]2CO)c1. The van der Waals surface area contributed by atoms with Crippen molar-refractivity contribution in [3.63, 3.8) is 0 Å². The number of nitrogens with zero attached hydrogens (tertiary/aromatic N) is 2. The van der Waals surface area contributed by atoms with Crippen LogP contribution in [0.4, 0.5) is 0 Å². The number of aliphatic hydroxyl groups excluding tert-OH is 1. The number of nitriles is 1. The minimum Gasteiger partial charge on any atom is -0.492 e. The second-order valence-electron chi connectivity index (χ2n) is 4.50. The molecule has 1 saturated heterocycles. The predicted molar refractivity (Wildman–Crippen MR) is 68.3 cm³/mol. The van der Waals surface area contributed by atoms with Crippen LogP contribution in [0.1, 0.15) is 18.4 Å². The predicted octanol–water partition coefficient (Wildman–Crippen LogP) is 1.39. The lowest BCUT2D eigenvalue weighted by molar-refractivity contribution is 0.139. The third-order valence-corrected chi connectivity index (χ3v) is 3.32. The van der Waals surface area contributed by atoms with Crippen LogP contribution in [-0.4, -0.2) is 42.4 Å². The van der Waals surface area contributed by atoms with Gasteiger partial charge in [0, 0.05) is 12.6 Å². The molecule has 0 radical (unpaired) electrons. The summed E-state index contributed by atoms with van der Waals surface area (Å²) in [7, 11) is 0. The van der Waals surface area contributed by atoms with E-state index in [1.54, 1.807) is 12.1 Å². The first-order valence-corrected chi connectivity index (χ1v) is 6.31. The maximum Gasteiger partial charge on any atom is 0.120 e. The number of likely N-dealkylation sites (tertiary alicyclic amines) is 1. The molecule has 0 bridgehead atoms. The lowest BCUT2D eigenvalue weighted by Gasteiger charge is -2.22. The molecule has 1 aromatic carbocycles. The van der Waals surface area contributed by atoms with Crippen molar-refractivity contribution in [3.05, 3.63) is 29.8 Å². The van der Waals surface area contributed by atoms with Crippen molar-refractivity contribution in [2.45, 2.75) is 18.9 Å². The maximum absolute atomic E-state index is 9.20. The summed E-state index contributed by atoms with van der Waals surface area (Å²) in [6, 6.07) is 9.56. The molecule has 1 N–H and O–H groups in total. The molecule has 1 heterocycles. The van der Waals surface area contributed by atoms with E-state index >= 15 is 0 Å². The van der Waals surface area contributed by atoms with Gasteiger partial charge in [-0.25, -0.2) is 0 Å². The molecule has 1 fully saturated rings. The Balaban J connectivity index is 1.79. The fourth-order valence-corrected chi connectivity index (χ4v) is 2.33. The lowest BCUT2D eigenvalue weighted by atomic mass is 10.2. The molecule has 0 spiro atoms. The summed E-state index contributed by atoms with van der Waals surface area (Å²) in [6.45, 7) is 2.67. The largest absolute Gasteiger partial charge is 0.492 e. The molecule has 0 amide bonds. The van der Waals surface area contributed by atoms with E-state index in [4.69, 9.17) is 10.00 Å². The first-order chi connectivity index (χ1) is 8.83. The molecule has 0 aliphatic carbocycles. The van der Waals surface area contributed by atoms with Gasteiger partial charge in [-0.3, -0.25) is 4.90 Å². The standard InChI is InChI=1S/C14H18N2O2/c15-10-12-3-1-5-14(9-12)18-8-7-16-6-2-4-13(16)11-17/h1,3,5,9,13,17H,2,4,6-8,11H2/t13-/m0/s1. The number of ether oxygens (including phenoxy) is 1. The Morgan fingerprint density at radius 1 is 1.50 bits per heavy atom. The fourth-order valence-electron chi connectivity index (χ4n) is 2.33. The van der Waals surface area contributed by atoms with Gasteiger partial charge in [-0.15, -0.1) is 0 Å². The molecule has 1 aliphatic rings. The highest BCUT2D eigenvalue weighted by Gasteiger charge is 2.22. The molecule has 4 heteroatoms. The summed E-state index contributed by atoms with van der Waals surface area (Å²) in [4.78, 5) is 2.26. The smallest absolute Gasteiger partial charge is 0.120 e. The first-order valence-electron chi connectivity index (χ1n) is 6.31. The second-order valence-corrected chi connectivity index (χ2v) is 4.50. The number of hydrogen-bond acceptors (Lipinski definition) is 4. The Bertz CT molecular complexity index is 428. The summed E-state index contributed by atoms with van der Waals surface area (Å²) in [6.07, 6.45) is 2.22. The molecular weight excluding hydrogens is 228 g/mol. The van der Waals surface area contributed by atoms with E-state index in [9.17, 15) is 5.11 Å². The number of hydrogen-bond donors (Lipinski definition) is 1. The van der Waals surface area contributed by atoms with Crippen LogP contribution in [0.3, 0.4) is 0 Å². The number of rotatable bonds is 5. The lowest BCUT2D eigenvalue weighted by Crippen LogP contribution is -2.35. The van der Waals surface area contributed by atoms with Crippen LogP contribution in [0.15, 0.2) is 24.3 Å². The van der Waals surface area contributed by atoms with Crippen LogP contribution in [0.2, 0.25) is 0 Å². The Labute approximate surface area is 107 Å². The number of aliphatic hydroxyl groups is 1. The zero-order chi connectivity index (χ0) is 12.8. The monoisotopic (exact) mass is 246 g/mol. The maximum atomic E-state index is 9.20. The van der Waals surface area contributed by atoms with Crippen LogP contribution in [0, 0.1) is 11.3 Å². The summed E-state index contributed by atoms with van der Waals surface area (Å²) in [5, 5.41) is 18.0. The summed E-state index contributed by atoms with van der Waals surface area (Å²) in [5.74, 6) is 0.730. The molecule has 1 aromatic rings. The van der Waals surface area contributed by atoms with Crippen molar-refractivity contribution in [3.8, 4) is 11.8 Å². The van der Waals surface area contributed by atoms with Crippen molar-refractivity contribution in [2.24, 2.45) is 0 Å². The van der Waals surface area contributed by atoms with Gasteiger partial charge >= 0.3 is 0 Å². The molecule has 96 valence electrons. The fraction of sp³-hybridized carbons (Fsp3) is 0.500. The molecule has 0 aromatic heterocycles. The van der Waals surface area contributed by atoms with E-state index in [0.29, 0.717) is 18.2 Å². The van der Waals surface area contributed by atoms with Crippen LogP contribution in [0.25, 0.3) is 0 Å². The van der Waals surface area contributed by atoms with Gasteiger partial charge in [-0.05, 0) is 37.6 Å². The Hall–Kier alpha value is -1.57. The Morgan fingerprint density at radius 2 is 2.39 bits per heavy atom. The Morgan fingerprint density at radius 3 is 3.17 bits per heavy atom. The van der Waals surface area contributed by atoms with Crippen LogP contribution >= 0.6 is 0 Å². The van der Waals surface area contributed by atoms with Gasteiger partial charge in [0.2, 0.25) is 0 Å². The highest BCUT2D eigenvalue weighted by molar-refractivity contribution is 5.36. The average molecular weight is 246 g/mol. The van der Waals surface area contributed by atoms with Crippen LogP contribution in [0.5, 0.6) is 5.75 Å². The number of benzene rings is 1. The van der Waals surface area contributed by atoms with Crippen molar-refractivity contribution in [2.75, 3.05) is 26.3 Å². The topological polar surface area (TPSA) is 56.5 Å². The third-order valence-electron chi connectivity index (χ3n) is 3.32. The summed E-state index contributed by atoms with van der Waals surface area (Å²) < 4.78 is 5.63. The van der Waals surface area contributed by atoms with Gasteiger partial charge in [0.15, 0.2) is 0 Å². The van der Waals surface area contributed by atoms with Gasteiger partial charge in [0.05, 0.1) is 18.2 Å². The van der Waals surface area contributed by atoms with Crippen molar-refractivity contribution < 1.29 is 9.84 Å². The molecule has 1 aliphatic heterocycles. The van der Waals surface area contributed by atoms with Gasteiger partial charge in [0.25, 0.3) is 0 Å². The molecule has 4 nitrogen and oxygen atoms in total. The highest BCUT2D eigenvalue weighted by Crippen LogP contribution is 2.17. The average Bonchev–Trinajstić information content (AvgIpc) is 2.86. The van der Waals surface area contributed by atoms with Gasteiger partial charge in [-0.1, -0.05) is 6.07 Å². The van der Waals surface area contributed by atoms with Gasteiger partial charge in [-0.2, -0.15) is 5.26 Å².